The van der Waals surface area contributed by atoms with Gasteiger partial charge in [-0.1, -0.05) is 0 Å². The summed E-state index contributed by atoms with van der Waals surface area (Å²) in [5, 5.41) is 13.4. The van der Waals surface area contributed by atoms with E-state index in [1.165, 1.54) is 34.9 Å². The first-order chi connectivity index (χ1) is 14.4. The predicted molar refractivity (Wildman–Crippen MR) is 111 cm³/mol. The number of benzene rings is 1. The van der Waals surface area contributed by atoms with Gasteiger partial charge in [-0.05, 0) is 44.2 Å². The molecule has 0 saturated carbocycles. The van der Waals surface area contributed by atoms with E-state index in [1.54, 1.807) is 4.68 Å². The SMILES string of the molecule is Cc1cc(C)n(-c2cc(N3CCN(S(=O)(=O)c4ccc(C#N)cc4)CC3)ncn2)n1. The van der Waals surface area contributed by atoms with Crippen molar-refractivity contribution < 1.29 is 8.42 Å². The number of nitriles is 1. The van der Waals surface area contributed by atoms with Crippen LogP contribution in [0.4, 0.5) is 5.82 Å². The van der Waals surface area contributed by atoms with Crippen LogP contribution in [0.25, 0.3) is 5.82 Å². The Labute approximate surface area is 175 Å². The first kappa shape index (κ1) is 20.0. The van der Waals surface area contributed by atoms with E-state index in [-0.39, 0.29) is 4.90 Å². The van der Waals surface area contributed by atoms with Crippen LogP contribution in [0, 0.1) is 25.2 Å². The predicted octanol–water partition coefficient (Wildman–Crippen LogP) is 1.66. The number of rotatable bonds is 4. The van der Waals surface area contributed by atoms with Crippen molar-refractivity contribution in [3.63, 3.8) is 0 Å². The molecule has 0 N–H and O–H groups in total. The number of aryl methyl sites for hydroxylation is 2. The van der Waals surface area contributed by atoms with Crippen molar-refractivity contribution in [2.24, 2.45) is 0 Å². The van der Waals surface area contributed by atoms with Gasteiger partial charge in [0.05, 0.1) is 22.2 Å². The first-order valence-corrected chi connectivity index (χ1v) is 10.9. The molecule has 0 radical (unpaired) electrons. The third-order valence-electron chi connectivity index (χ3n) is 5.05. The molecule has 154 valence electrons. The lowest BCUT2D eigenvalue weighted by Crippen LogP contribution is -2.49. The van der Waals surface area contributed by atoms with E-state index >= 15 is 0 Å². The molecule has 9 nitrogen and oxygen atoms in total. The van der Waals surface area contributed by atoms with Crippen molar-refractivity contribution in [2.75, 3.05) is 31.1 Å². The normalized spacial score (nSPS) is 15.2. The van der Waals surface area contributed by atoms with Crippen molar-refractivity contribution in [2.45, 2.75) is 18.7 Å². The quantitative estimate of drug-likeness (QED) is 0.628. The van der Waals surface area contributed by atoms with E-state index in [2.05, 4.69) is 15.1 Å². The topological polar surface area (TPSA) is 108 Å². The number of nitrogens with zero attached hydrogens (tertiary/aromatic N) is 7. The Kier molecular flexibility index (Phi) is 5.24. The van der Waals surface area contributed by atoms with Gasteiger partial charge in [0, 0.05) is 37.9 Å². The van der Waals surface area contributed by atoms with Gasteiger partial charge in [0.25, 0.3) is 0 Å². The lowest BCUT2D eigenvalue weighted by atomic mass is 10.2. The maximum Gasteiger partial charge on any atom is 0.243 e. The molecule has 4 rings (SSSR count). The Morgan fingerprint density at radius 3 is 2.23 bits per heavy atom. The second-order valence-electron chi connectivity index (χ2n) is 7.10. The summed E-state index contributed by atoms with van der Waals surface area (Å²) in [5.74, 6) is 1.42. The molecule has 10 heteroatoms. The molecule has 3 aromatic rings. The van der Waals surface area contributed by atoms with Crippen LogP contribution < -0.4 is 4.90 Å². The number of piperazine rings is 1. The number of sulfonamides is 1. The van der Waals surface area contributed by atoms with Gasteiger partial charge in [-0.25, -0.2) is 23.1 Å². The zero-order chi connectivity index (χ0) is 21.3. The lowest BCUT2D eigenvalue weighted by Gasteiger charge is -2.34. The minimum Gasteiger partial charge on any atom is -0.354 e. The molecule has 0 atom stereocenters. The summed E-state index contributed by atoms with van der Waals surface area (Å²) in [4.78, 5) is 10.9. The molecule has 3 heterocycles. The molecular formula is C20H21N7O2S. The average molecular weight is 424 g/mol. The van der Waals surface area contributed by atoms with Crippen molar-refractivity contribution in [3.05, 3.63) is 59.7 Å². The highest BCUT2D eigenvalue weighted by Crippen LogP contribution is 2.21. The van der Waals surface area contributed by atoms with E-state index in [4.69, 9.17) is 5.26 Å². The van der Waals surface area contributed by atoms with E-state index in [9.17, 15) is 8.42 Å². The molecule has 0 bridgehead atoms. The number of hydrogen-bond donors (Lipinski definition) is 0. The summed E-state index contributed by atoms with van der Waals surface area (Å²) in [7, 11) is -3.60. The van der Waals surface area contributed by atoms with E-state index in [1.807, 2.05) is 36.9 Å². The number of aromatic nitrogens is 4. The molecule has 1 aliphatic rings. The fourth-order valence-electron chi connectivity index (χ4n) is 3.49. The van der Waals surface area contributed by atoms with Gasteiger partial charge in [-0.2, -0.15) is 14.7 Å². The van der Waals surface area contributed by atoms with Crippen LogP contribution in [0.15, 0.2) is 47.6 Å². The molecule has 2 aromatic heterocycles. The van der Waals surface area contributed by atoms with Crippen LogP contribution in [0.5, 0.6) is 0 Å². The van der Waals surface area contributed by atoms with Crippen LogP contribution in [-0.2, 0) is 10.0 Å². The van der Waals surface area contributed by atoms with Crippen molar-refractivity contribution in [3.8, 4) is 11.9 Å². The Balaban J connectivity index is 1.49. The van der Waals surface area contributed by atoms with Crippen molar-refractivity contribution >= 4 is 15.8 Å². The molecule has 1 aliphatic heterocycles. The van der Waals surface area contributed by atoms with Crippen molar-refractivity contribution in [1.29, 1.82) is 5.26 Å². The second-order valence-corrected chi connectivity index (χ2v) is 9.04. The molecule has 0 aliphatic carbocycles. The summed E-state index contributed by atoms with van der Waals surface area (Å²) in [6, 6.07) is 11.8. The van der Waals surface area contributed by atoms with Gasteiger partial charge in [0.1, 0.15) is 12.1 Å². The van der Waals surface area contributed by atoms with Crippen LogP contribution in [-0.4, -0.2) is 58.7 Å². The Hall–Kier alpha value is -3.29. The summed E-state index contributed by atoms with van der Waals surface area (Å²) in [6.45, 7) is 5.63. The highest BCUT2D eigenvalue weighted by Gasteiger charge is 2.29. The average Bonchev–Trinajstić information content (AvgIpc) is 3.12. The van der Waals surface area contributed by atoms with Gasteiger partial charge in [0.2, 0.25) is 10.0 Å². The summed E-state index contributed by atoms with van der Waals surface area (Å²) >= 11 is 0. The Morgan fingerprint density at radius 2 is 1.63 bits per heavy atom. The smallest absolute Gasteiger partial charge is 0.243 e. The van der Waals surface area contributed by atoms with Gasteiger partial charge in [0.15, 0.2) is 5.82 Å². The van der Waals surface area contributed by atoms with Crippen molar-refractivity contribution in [1.82, 2.24) is 24.1 Å². The van der Waals surface area contributed by atoms with E-state index in [0.717, 1.165) is 17.2 Å². The summed E-state index contributed by atoms with van der Waals surface area (Å²) in [5.41, 5.74) is 2.32. The van der Waals surface area contributed by atoms with Gasteiger partial charge in [-0.3, -0.25) is 0 Å². The Morgan fingerprint density at radius 1 is 0.967 bits per heavy atom. The lowest BCUT2D eigenvalue weighted by molar-refractivity contribution is 0.383. The zero-order valence-electron chi connectivity index (χ0n) is 16.7. The molecule has 0 spiro atoms. The van der Waals surface area contributed by atoms with Crippen LogP contribution in [0.1, 0.15) is 17.0 Å². The second kappa shape index (κ2) is 7.85. The summed E-state index contributed by atoms with van der Waals surface area (Å²) < 4.78 is 29.0. The molecular weight excluding hydrogens is 402 g/mol. The van der Waals surface area contributed by atoms with E-state index < -0.39 is 10.0 Å². The molecule has 1 aromatic carbocycles. The fourth-order valence-corrected chi connectivity index (χ4v) is 4.92. The third-order valence-corrected chi connectivity index (χ3v) is 6.96. The summed E-state index contributed by atoms with van der Waals surface area (Å²) in [6.07, 6.45) is 1.50. The highest BCUT2D eigenvalue weighted by molar-refractivity contribution is 7.89. The largest absolute Gasteiger partial charge is 0.354 e. The molecule has 1 saturated heterocycles. The van der Waals surface area contributed by atoms with Crippen LogP contribution in [0.2, 0.25) is 0 Å². The first-order valence-electron chi connectivity index (χ1n) is 9.49. The van der Waals surface area contributed by atoms with Gasteiger partial charge < -0.3 is 4.90 Å². The standard InChI is InChI=1S/C20H21N7O2S/c1-15-11-16(2)27(24-15)20-12-19(22-14-23-20)25-7-9-26(10-8-25)30(28,29)18-5-3-17(13-21)4-6-18/h3-6,11-12,14H,7-10H2,1-2H3. The van der Waals surface area contributed by atoms with Crippen LogP contribution >= 0.6 is 0 Å². The molecule has 30 heavy (non-hydrogen) atoms. The number of anilines is 1. The molecule has 1 fully saturated rings. The number of hydrogen-bond acceptors (Lipinski definition) is 7. The van der Waals surface area contributed by atoms with Crippen LogP contribution in [0.3, 0.4) is 0 Å². The zero-order valence-corrected chi connectivity index (χ0v) is 17.5. The third kappa shape index (κ3) is 3.77. The fraction of sp³-hybridized carbons (Fsp3) is 0.300. The Bertz CT molecular complexity index is 1200. The minimum absolute atomic E-state index is 0.198. The molecule has 0 unspecified atom stereocenters. The van der Waals surface area contributed by atoms with Gasteiger partial charge in [-0.15, -0.1) is 0 Å². The molecule has 0 amide bonds. The van der Waals surface area contributed by atoms with E-state index in [0.29, 0.717) is 37.6 Å². The maximum atomic E-state index is 12.9. The monoisotopic (exact) mass is 423 g/mol. The van der Waals surface area contributed by atoms with Gasteiger partial charge >= 0.3 is 0 Å². The maximum absolute atomic E-state index is 12.9. The highest BCUT2D eigenvalue weighted by atomic mass is 32.2. The minimum atomic E-state index is -3.60.